The van der Waals surface area contributed by atoms with Crippen molar-refractivity contribution in [1.29, 1.82) is 0 Å². The molecule has 1 N–H and O–H groups in total. The van der Waals surface area contributed by atoms with Gasteiger partial charge in [-0.05, 0) is 19.4 Å². The Labute approximate surface area is 104 Å². The Balaban J connectivity index is 2.06. The second kappa shape index (κ2) is 5.63. The fourth-order valence-electron chi connectivity index (χ4n) is 2.66. The van der Waals surface area contributed by atoms with E-state index in [9.17, 15) is 0 Å². The van der Waals surface area contributed by atoms with E-state index in [4.69, 9.17) is 4.98 Å². The molecule has 0 saturated heterocycles. The van der Waals surface area contributed by atoms with E-state index in [1.165, 1.54) is 25.7 Å². The first kappa shape index (κ1) is 12.6. The molecular formula is C13H24N4. The second-order valence-electron chi connectivity index (χ2n) is 5.14. The Morgan fingerprint density at radius 2 is 2.12 bits per heavy atom. The summed E-state index contributed by atoms with van der Waals surface area (Å²) in [5.41, 5.74) is 0. The monoisotopic (exact) mass is 236 g/mol. The zero-order valence-electron chi connectivity index (χ0n) is 11.2. The molecule has 0 bridgehead atoms. The molecule has 17 heavy (non-hydrogen) atoms. The smallest absolute Gasteiger partial charge is 0.154 e. The molecule has 0 amide bonds. The molecule has 4 nitrogen and oxygen atoms in total. The van der Waals surface area contributed by atoms with Crippen LogP contribution in [-0.2, 0) is 7.05 Å². The van der Waals surface area contributed by atoms with Gasteiger partial charge in [0.05, 0.1) is 0 Å². The van der Waals surface area contributed by atoms with Gasteiger partial charge in [0.1, 0.15) is 5.82 Å². The number of hydrogen-bond donors (Lipinski definition) is 1. The van der Waals surface area contributed by atoms with Crippen LogP contribution in [0.3, 0.4) is 0 Å². The van der Waals surface area contributed by atoms with Gasteiger partial charge < -0.3 is 5.32 Å². The van der Waals surface area contributed by atoms with Crippen molar-refractivity contribution in [3.8, 4) is 0 Å². The minimum absolute atomic E-state index is 0.433. The Kier molecular flexibility index (Phi) is 4.15. The van der Waals surface area contributed by atoms with E-state index in [-0.39, 0.29) is 0 Å². The first-order valence-corrected chi connectivity index (χ1v) is 6.84. The average molecular weight is 236 g/mol. The van der Waals surface area contributed by atoms with E-state index in [0.29, 0.717) is 11.8 Å². The third kappa shape index (κ3) is 2.86. The van der Waals surface area contributed by atoms with Gasteiger partial charge in [0.2, 0.25) is 0 Å². The maximum absolute atomic E-state index is 4.76. The van der Waals surface area contributed by atoms with Crippen molar-refractivity contribution in [3.05, 3.63) is 11.6 Å². The lowest BCUT2D eigenvalue weighted by atomic mass is 10.1. The zero-order chi connectivity index (χ0) is 12.3. The minimum Gasteiger partial charge on any atom is -0.316 e. The van der Waals surface area contributed by atoms with Gasteiger partial charge in [-0.25, -0.2) is 4.98 Å². The van der Waals surface area contributed by atoms with Crippen LogP contribution in [0, 0.1) is 0 Å². The van der Waals surface area contributed by atoms with Crippen molar-refractivity contribution in [2.75, 3.05) is 13.1 Å². The summed E-state index contributed by atoms with van der Waals surface area (Å²) in [6.07, 6.45) is 5.21. The van der Waals surface area contributed by atoms with Crippen molar-refractivity contribution in [2.24, 2.45) is 7.05 Å². The predicted octanol–water partition coefficient (Wildman–Crippen LogP) is 2.19. The number of likely N-dealkylation sites (N-methyl/N-ethyl adjacent to an activating group) is 1. The van der Waals surface area contributed by atoms with Gasteiger partial charge in [0.15, 0.2) is 5.82 Å². The highest BCUT2D eigenvalue weighted by Gasteiger charge is 2.23. The standard InChI is InChI=1S/C13H24N4/c1-4-14-9-10(2)13-15-12(16-17(13)3)11-7-5-6-8-11/h10-11,14H,4-9H2,1-3H3. The van der Waals surface area contributed by atoms with E-state index >= 15 is 0 Å². The molecule has 2 rings (SSSR count). The van der Waals surface area contributed by atoms with Crippen LogP contribution in [0.2, 0.25) is 0 Å². The summed E-state index contributed by atoms with van der Waals surface area (Å²) < 4.78 is 1.97. The van der Waals surface area contributed by atoms with Gasteiger partial charge in [0.25, 0.3) is 0 Å². The fourth-order valence-corrected chi connectivity index (χ4v) is 2.66. The number of nitrogens with zero attached hydrogens (tertiary/aromatic N) is 3. The van der Waals surface area contributed by atoms with Crippen molar-refractivity contribution in [2.45, 2.75) is 51.4 Å². The highest BCUT2D eigenvalue weighted by atomic mass is 15.3. The van der Waals surface area contributed by atoms with Crippen molar-refractivity contribution >= 4 is 0 Å². The lowest BCUT2D eigenvalue weighted by Gasteiger charge is -2.10. The van der Waals surface area contributed by atoms with Gasteiger partial charge in [-0.2, -0.15) is 5.10 Å². The second-order valence-corrected chi connectivity index (χ2v) is 5.14. The molecule has 1 aliphatic rings. The van der Waals surface area contributed by atoms with Crippen molar-refractivity contribution in [3.63, 3.8) is 0 Å². The van der Waals surface area contributed by atoms with E-state index < -0.39 is 0 Å². The largest absolute Gasteiger partial charge is 0.316 e. The zero-order valence-corrected chi connectivity index (χ0v) is 11.2. The number of aromatic nitrogens is 3. The molecule has 1 unspecified atom stereocenters. The van der Waals surface area contributed by atoms with E-state index in [2.05, 4.69) is 24.3 Å². The van der Waals surface area contributed by atoms with Gasteiger partial charge >= 0.3 is 0 Å². The molecule has 4 heteroatoms. The maximum atomic E-state index is 4.76. The van der Waals surface area contributed by atoms with E-state index in [0.717, 1.165) is 24.7 Å². The molecule has 1 aliphatic carbocycles. The molecule has 1 saturated carbocycles. The van der Waals surface area contributed by atoms with Crippen LogP contribution in [0.5, 0.6) is 0 Å². The average Bonchev–Trinajstić information content (AvgIpc) is 2.94. The van der Waals surface area contributed by atoms with E-state index in [1.54, 1.807) is 0 Å². The minimum atomic E-state index is 0.433. The molecule has 0 spiro atoms. The molecule has 1 aromatic heterocycles. The van der Waals surface area contributed by atoms with E-state index in [1.807, 2.05) is 11.7 Å². The summed E-state index contributed by atoms with van der Waals surface area (Å²) in [4.78, 5) is 4.76. The normalized spacial score (nSPS) is 18.8. The highest BCUT2D eigenvalue weighted by Crippen LogP contribution is 2.32. The molecule has 96 valence electrons. The molecule has 0 aromatic carbocycles. The molecular weight excluding hydrogens is 212 g/mol. The number of hydrogen-bond acceptors (Lipinski definition) is 3. The highest BCUT2D eigenvalue weighted by molar-refractivity contribution is 5.04. The third-order valence-electron chi connectivity index (χ3n) is 3.67. The van der Waals surface area contributed by atoms with Crippen LogP contribution in [0.1, 0.15) is 63.0 Å². The van der Waals surface area contributed by atoms with Crippen molar-refractivity contribution < 1.29 is 0 Å². The van der Waals surface area contributed by atoms with Gasteiger partial charge in [0, 0.05) is 25.4 Å². The summed E-state index contributed by atoms with van der Waals surface area (Å²) in [5, 5.41) is 7.97. The first-order chi connectivity index (χ1) is 8.22. The van der Waals surface area contributed by atoms with Crippen LogP contribution < -0.4 is 5.32 Å². The summed E-state index contributed by atoms with van der Waals surface area (Å²) in [7, 11) is 2.02. The fraction of sp³-hybridized carbons (Fsp3) is 0.846. The first-order valence-electron chi connectivity index (χ1n) is 6.84. The lowest BCUT2D eigenvalue weighted by Crippen LogP contribution is -2.21. The lowest BCUT2D eigenvalue weighted by molar-refractivity contribution is 0.571. The molecule has 0 radical (unpaired) electrons. The quantitative estimate of drug-likeness (QED) is 0.852. The van der Waals surface area contributed by atoms with Crippen LogP contribution >= 0.6 is 0 Å². The summed E-state index contributed by atoms with van der Waals surface area (Å²) in [6.45, 7) is 6.34. The van der Waals surface area contributed by atoms with Crippen LogP contribution in [0.15, 0.2) is 0 Å². The summed E-state index contributed by atoms with van der Waals surface area (Å²) in [5.74, 6) is 3.24. The predicted molar refractivity (Wildman–Crippen MR) is 69.2 cm³/mol. The number of rotatable bonds is 5. The Bertz CT molecular complexity index is 352. The SMILES string of the molecule is CCNCC(C)c1nc(C2CCCC2)nn1C. The number of aryl methyl sites for hydroxylation is 1. The van der Waals surface area contributed by atoms with Crippen LogP contribution in [0.4, 0.5) is 0 Å². The molecule has 1 aromatic rings. The molecule has 1 heterocycles. The Morgan fingerprint density at radius 3 is 2.76 bits per heavy atom. The Hall–Kier alpha value is -0.900. The van der Waals surface area contributed by atoms with Gasteiger partial charge in [-0.1, -0.05) is 26.7 Å². The van der Waals surface area contributed by atoms with Crippen molar-refractivity contribution in [1.82, 2.24) is 20.1 Å². The number of nitrogens with one attached hydrogen (secondary N) is 1. The third-order valence-corrected chi connectivity index (χ3v) is 3.67. The molecule has 1 fully saturated rings. The molecule has 0 aliphatic heterocycles. The van der Waals surface area contributed by atoms with Gasteiger partial charge in [-0.3, -0.25) is 4.68 Å². The maximum Gasteiger partial charge on any atom is 0.154 e. The topological polar surface area (TPSA) is 42.7 Å². The van der Waals surface area contributed by atoms with Gasteiger partial charge in [-0.15, -0.1) is 0 Å². The van der Waals surface area contributed by atoms with Crippen LogP contribution in [-0.4, -0.2) is 27.9 Å². The summed E-state index contributed by atoms with van der Waals surface area (Å²) >= 11 is 0. The summed E-state index contributed by atoms with van der Waals surface area (Å²) in [6, 6.07) is 0. The van der Waals surface area contributed by atoms with Crippen LogP contribution in [0.25, 0.3) is 0 Å². The molecule has 1 atom stereocenters. The Morgan fingerprint density at radius 1 is 1.41 bits per heavy atom.